The van der Waals surface area contributed by atoms with Crippen molar-refractivity contribution in [2.45, 2.75) is 31.8 Å². The highest BCUT2D eigenvalue weighted by atomic mass is 16.5. The fourth-order valence-electron chi connectivity index (χ4n) is 2.23. The summed E-state index contributed by atoms with van der Waals surface area (Å²) in [4.78, 5) is 0. The number of nitrogens with one attached hydrogen (secondary N) is 2. The van der Waals surface area contributed by atoms with E-state index >= 15 is 0 Å². The number of aryl methyl sites for hydroxylation is 1. The summed E-state index contributed by atoms with van der Waals surface area (Å²) < 4.78 is 5.70. The Kier molecular flexibility index (Phi) is 3.07. The second-order valence-corrected chi connectivity index (χ2v) is 4.36. The van der Waals surface area contributed by atoms with E-state index in [4.69, 9.17) is 4.74 Å². The van der Waals surface area contributed by atoms with Crippen LogP contribution in [0.3, 0.4) is 0 Å². The van der Waals surface area contributed by atoms with Gasteiger partial charge in [0.05, 0.1) is 11.3 Å². The first-order chi connectivity index (χ1) is 7.24. The van der Waals surface area contributed by atoms with Crippen LogP contribution in [-0.2, 0) is 11.2 Å². The van der Waals surface area contributed by atoms with E-state index < -0.39 is 0 Å². The van der Waals surface area contributed by atoms with Crippen LogP contribution in [-0.4, -0.2) is 36.0 Å². The van der Waals surface area contributed by atoms with Gasteiger partial charge in [0.25, 0.3) is 0 Å². The summed E-state index contributed by atoms with van der Waals surface area (Å²) in [5, 5.41) is 10.6. The monoisotopic (exact) mass is 209 g/mol. The maximum Gasteiger partial charge on any atom is 0.0758 e. The fourth-order valence-corrected chi connectivity index (χ4v) is 2.23. The molecule has 2 N–H and O–H groups in total. The van der Waals surface area contributed by atoms with Crippen molar-refractivity contribution in [1.29, 1.82) is 0 Å². The summed E-state index contributed by atoms with van der Waals surface area (Å²) >= 11 is 0. The lowest BCUT2D eigenvalue weighted by Gasteiger charge is -2.35. The molecule has 4 heteroatoms. The Labute approximate surface area is 90.4 Å². The lowest BCUT2D eigenvalue weighted by molar-refractivity contribution is -0.0340. The predicted octanol–water partition coefficient (Wildman–Crippen LogP) is 1.03. The third-order valence-electron chi connectivity index (χ3n) is 3.21. The standard InChI is InChI=1S/C11H19N3O/c1-9-7-10(14-13-9)8-11(15-2)3-5-12-6-4-11/h7,12H,3-6,8H2,1-2H3,(H,13,14). The highest BCUT2D eigenvalue weighted by molar-refractivity contribution is 5.10. The van der Waals surface area contributed by atoms with E-state index in [0.717, 1.165) is 43.7 Å². The fraction of sp³-hybridized carbons (Fsp3) is 0.727. The second-order valence-electron chi connectivity index (χ2n) is 4.36. The van der Waals surface area contributed by atoms with Crippen molar-refractivity contribution >= 4 is 0 Å². The van der Waals surface area contributed by atoms with Crippen LogP contribution in [0.2, 0.25) is 0 Å². The molecule has 1 aliphatic heterocycles. The van der Waals surface area contributed by atoms with E-state index in [1.807, 2.05) is 14.0 Å². The van der Waals surface area contributed by atoms with Gasteiger partial charge in [-0.05, 0) is 38.9 Å². The zero-order valence-electron chi connectivity index (χ0n) is 9.47. The minimum Gasteiger partial charge on any atom is -0.378 e. The molecule has 84 valence electrons. The van der Waals surface area contributed by atoms with E-state index in [1.165, 1.54) is 0 Å². The van der Waals surface area contributed by atoms with Gasteiger partial charge in [0, 0.05) is 19.2 Å². The van der Waals surface area contributed by atoms with E-state index in [2.05, 4.69) is 21.6 Å². The van der Waals surface area contributed by atoms with Gasteiger partial charge in [0.2, 0.25) is 0 Å². The molecule has 0 bridgehead atoms. The lowest BCUT2D eigenvalue weighted by Crippen LogP contribution is -2.45. The molecule has 15 heavy (non-hydrogen) atoms. The van der Waals surface area contributed by atoms with Gasteiger partial charge in [0.1, 0.15) is 0 Å². The molecule has 2 heterocycles. The molecule has 1 aromatic rings. The van der Waals surface area contributed by atoms with Crippen LogP contribution >= 0.6 is 0 Å². The molecule has 0 atom stereocenters. The Morgan fingerprint density at radius 2 is 2.20 bits per heavy atom. The van der Waals surface area contributed by atoms with Gasteiger partial charge in [-0.1, -0.05) is 0 Å². The molecule has 0 amide bonds. The van der Waals surface area contributed by atoms with Crippen molar-refractivity contribution in [3.8, 4) is 0 Å². The zero-order valence-corrected chi connectivity index (χ0v) is 9.47. The van der Waals surface area contributed by atoms with Crippen LogP contribution in [0, 0.1) is 6.92 Å². The number of aromatic nitrogens is 2. The smallest absolute Gasteiger partial charge is 0.0758 e. The molecule has 1 aliphatic rings. The maximum absolute atomic E-state index is 5.70. The second kappa shape index (κ2) is 4.33. The average molecular weight is 209 g/mol. The Balaban J connectivity index is 2.06. The van der Waals surface area contributed by atoms with Crippen molar-refractivity contribution in [2.75, 3.05) is 20.2 Å². The molecule has 0 spiro atoms. The van der Waals surface area contributed by atoms with Gasteiger partial charge >= 0.3 is 0 Å². The lowest BCUT2D eigenvalue weighted by atomic mass is 9.87. The van der Waals surface area contributed by atoms with Crippen molar-refractivity contribution < 1.29 is 4.74 Å². The highest BCUT2D eigenvalue weighted by Crippen LogP contribution is 2.26. The minimum atomic E-state index is -0.00706. The molecule has 0 aliphatic carbocycles. The van der Waals surface area contributed by atoms with Crippen molar-refractivity contribution in [3.05, 3.63) is 17.5 Å². The van der Waals surface area contributed by atoms with Crippen molar-refractivity contribution in [3.63, 3.8) is 0 Å². The van der Waals surface area contributed by atoms with Crippen LogP contribution in [0.1, 0.15) is 24.2 Å². The van der Waals surface area contributed by atoms with Crippen molar-refractivity contribution in [1.82, 2.24) is 15.5 Å². The molecule has 0 unspecified atom stereocenters. The summed E-state index contributed by atoms with van der Waals surface area (Å²) in [6.45, 7) is 4.10. The summed E-state index contributed by atoms with van der Waals surface area (Å²) in [6, 6.07) is 2.10. The average Bonchev–Trinajstić information content (AvgIpc) is 2.65. The molecule has 0 saturated carbocycles. The summed E-state index contributed by atoms with van der Waals surface area (Å²) in [5.41, 5.74) is 2.22. The molecular weight excluding hydrogens is 190 g/mol. The number of hydrogen-bond acceptors (Lipinski definition) is 3. The largest absolute Gasteiger partial charge is 0.378 e. The van der Waals surface area contributed by atoms with E-state index in [1.54, 1.807) is 0 Å². The first-order valence-electron chi connectivity index (χ1n) is 5.51. The Bertz CT molecular complexity index is 315. The van der Waals surface area contributed by atoms with E-state index in [0.29, 0.717) is 0 Å². The minimum absolute atomic E-state index is 0.00706. The zero-order chi connectivity index (χ0) is 10.7. The van der Waals surface area contributed by atoms with Gasteiger partial charge in [0.15, 0.2) is 0 Å². The van der Waals surface area contributed by atoms with Gasteiger partial charge < -0.3 is 10.1 Å². The molecule has 1 aromatic heterocycles. The van der Waals surface area contributed by atoms with Crippen molar-refractivity contribution in [2.24, 2.45) is 0 Å². The Hall–Kier alpha value is -0.870. The van der Waals surface area contributed by atoms with E-state index in [-0.39, 0.29) is 5.60 Å². The summed E-state index contributed by atoms with van der Waals surface area (Å²) in [7, 11) is 1.81. The van der Waals surface area contributed by atoms with Gasteiger partial charge in [-0.25, -0.2) is 0 Å². The SMILES string of the molecule is COC1(Cc2cc(C)[nH]n2)CCNCC1. The molecule has 1 fully saturated rings. The van der Waals surface area contributed by atoms with Gasteiger partial charge in [-0.15, -0.1) is 0 Å². The molecule has 1 saturated heterocycles. The van der Waals surface area contributed by atoms with Gasteiger partial charge in [-0.3, -0.25) is 5.10 Å². The topological polar surface area (TPSA) is 49.9 Å². The quantitative estimate of drug-likeness (QED) is 0.781. The number of H-pyrrole nitrogens is 1. The number of hydrogen-bond donors (Lipinski definition) is 2. The number of rotatable bonds is 3. The van der Waals surface area contributed by atoms with Crippen LogP contribution < -0.4 is 5.32 Å². The third kappa shape index (κ3) is 2.38. The Morgan fingerprint density at radius 3 is 2.73 bits per heavy atom. The molecule has 2 rings (SSSR count). The highest BCUT2D eigenvalue weighted by Gasteiger charge is 2.32. The molecule has 0 aromatic carbocycles. The summed E-state index contributed by atoms with van der Waals surface area (Å²) in [6.07, 6.45) is 3.04. The van der Waals surface area contributed by atoms with E-state index in [9.17, 15) is 0 Å². The third-order valence-corrected chi connectivity index (χ3v) is 3.21. The number of methoxy groups -OCH3 is 1. The van der Waals surface area contributed by atoms with Crippen LogP contribution in [0.15, 0.2) is 6.07 Å². The molecule has 4 nitrogen and oxygen atoms in total. The molecular formula is C11H19N3O. The molecule has 0 radical (unpaired) electrons. The Morgan fingerprint density at radius 1 is 1.47 bits per heavy atom. The first-order valence-corrected chi connectivity index (χ1v) is 5.51. The number of nitrogens with zero attached hydrogens (tertiary/aromatic N) is 1. The number of aromatic amines is 1. The summed E-state index contributed by atoms with van der Waals surface area (Å²) in [5.74, 6) is 0. The normalized spacial score (nSPS) is 20.4. The first kappa shape index (κ1) is 10.6. The van der Waals surface area contributed by atoms with Crippen LogP contribution in [0.5, 0.6) is 0 Å². The van der Waals surface area contributed by atoms with Gasteiger partial charge in [-0.2, -0.15) is 5.10 Å². The van der Waals surface area contributed by atoms with Crippen LogP contribution in [0.4, 0.5) is 0 Å². The number of ether oxygens (including phenoxy) is 1. The maximum atomic E-state index is 5.70. The van der Waals surface area contributed by atoms with Crippen LogP contribution in [0.25, 0.3) is 0 Å². The predicted molar refractivity (Wildman–Crippen MR) is 58.9 cm³/mol. The number of piperidine rings is 1.